The summed E-state index contributed by atoms with van der Waals surface area (Å²) >= 11 is 0. The number of aromatic nitrogens is 1. The van der Waals surface area contributed by atoms with Crippen LogP contribution in [0, 0.1) is 30.6 Å². The highest BCUT2D eigenvalue weighted by molar-refractivity contribution is 6.32. The molecule has 2 saturated carbocycles. The van der Waals surface area contributed by atoms with Crippen molar-refractivity contribution in [3.63, 3.8) is 0 Å². The summed E-state index contributed by atoms with van der Waals surface area (Å²) in [4.78, 5) is 25.4. The Bertz CT molecular complexity index is 977. The molecule has 0 N–H and O–H groups in total. The van der Waals surface area contributed by atoms with E-state index in [0.717, 1.165) is 28.8 Å². The first-order valence-electron chi connectivity index (χ1n) is 9.07. The SMILES string of the molecule is Cc1cc(C2=C(c3cccn3C)C(=O)[C@H]3[C@@H]4CC[C@@H](C4)[C@@H]23)cc(=O)o1. The molecule has 4 atom stereocenters. The third-order valence-electron chi connectivity index (χ3n) is 6.47. The highest BCUT2D eigenvalue weighted by Gasteiger charge is 2.57. The van der Waals surface area contributed by atoms with Crippen LogP contribution in [0.2, 0.25) is 0 Å². The van der Waals surface area contributed by atoms with Crippen LogP contribution in [0.5, 0.6) is 0 Å². The van der Waals surface area contributed by atoms with Gasteiger partial charge in [0.2, 0.25) is 0 Å². The number of rotatable bonds is 2. The van der Waals surface area contributed by atoms with Crippen molar-refractivity contribution in [3.05, 3.63) is 57.9 Å². The number of carbonyl (C=O) groups excluding carboxylic acids is 1. The summed E-state index contributed by atoms with van der Waals surface area (Å²) < 4.78 is 7.17. The summed E-state index contributed by atoms with van der Waals surface area (Å²) in [6.45, 7) is 1.79. The van der Waals surface area contributed by atoms with Crippen LogP contribution in [-0.4, -0.2) is 10.4 Å². The summed E-state index contributed by atoms with van der Waals surface area (Å²) in [5.41, 5.74) is 3.40. The molecule has 4 nitrogen and oxygen atoms in total. The molecule has 0 amide bonds. The van der Waals surface area contributed by atoms with Gasteiger partial charge in [-0.3, -0.25) is 4.79 Å². The number of nitrogens with zero attached hydrogens (tertiary/aromatic N) is 1. The zero-order chi connectivity index (χ0) is 17.3. The van der Waals surface area contributed by atoms with Gasteiger partial charge in [0.05, 0.1) is 5.69 Å². The standard InChI is InChI=1S/C21H21NO3/c1-11-8-14(10-16(23)25-11)18-17-12-5-6-13(9-12)19(17)21(24)20(18)15-4-3-7-22(15)2/h3-4,7-8,10,12-13,17,19H,5-6,9H2,1-2H3/t12-,13+,17-,19-/m0/s1. The van der Waals surface area contributed by atoms with Crippen LogP contribution in [0.15, 0.2) is 39.7 Å². The number of aryl methyl sites for hydroxylation is 2. The molecule has 4 heteroatoms. The average Bonchev–Trinajstić information content (AvgIpc) is 3.29. The van der Waals surface area contributed by atoms with Crippen LogP contribution in [0.3, 0.4) is 0 Å². The Morgan fingerprint density at radius 1 is 1.12 bits per heavy atom. The fraction of sp³-hybridized carbons (Fsp3) is 0.429. The van der Waals surface area contributed by atoms with Crippen molar-refractivity contribution in [1.29, 1.82) is 0 Å². The maximum Gasteiger partial charge on any atom is 0.336 e. The molecule has 0 saturated heterocycles. The van der Waals surface area contributed by atoms with Gasteiger partial charge in [-0.15, -0.1) is 0 Å². The summed E-state index contributed by atoms with van der Waals surface area (Å²) in [7, 11) is 1.97. The van der Waals surface area contributed by atoms with E-state index in [0.29, 0.717) is 17.6 Å². The number of carbonyl (C=O) groups is 1. The van der Waals surface area contributed by atoms with Crippen LogP contribution < -0.4 is 5.63 Å². The predicted molar refractivity (Wildman–Crippen MR) is 94.8 cm³/mol. The number of Topliss-reactive ketones (excluding diaryl/α,β-unsaturated/α-hetero) is 1. The molecule has 0 aliphatic heterocycles. The average molecular weight is 335 g/mol. The number of hydrogen-bond donors (Lipinski definition) is 0. The van der Waals surface area contributed by atoms with E-state index in [1.54, 1.807) is 13.0 Å². The van der Waals surface area contributed by atoms with Crippen LogP contribution in [0.25, 0.3) is 11.1 Å². The maximum atomic E-state index is 13.4. The van der Waals surface area contributed by atoms with E-state index in [2.05, 4.69) is 0 Å². The van der Waals surface area contributed by atoms with Gasteiger partial charge in [-0.1, -0.05) is 0 Å². The third kappa shape index (κ3) is 2.00. The van der Waals surface area contributed by atoms with Crippen molar-refractivity contribution in [2.45, 2.75) is 26.2 Å². The summed E-state index contributed by atoms with van der Waals surface area (Å²) in [6.07, 6.45) is 5.50. The quantitative estimate of drug-likeness (QED) is 0.845. The zero-order valence-corrected chi connectivity index (χ0v) is 14.5. The van der Waals surface area contributed by atoms with Gasteiger partial charge in [-0.05, 0) is 73.3 Å². The molecular weight excluding hydrogens is 314 g/mol. The second-order valence-corrected chi connectivity index (χ2v) is 7.82. The van der Waals surface area contributed by atoms with Gasteiger partial charge in [0.15, 0.2) is 5.78 Å². The van der Waals surface area contributed by atoms with E-state index in [4.69, 9.17) is 4.42 Å². The van der Waals surface area contributed by atoms with Gasteiger partial charge in [0.1, 0.15) is 5.76 Å². The fourth-order valence-corrected chi connectivity index (χ4v) is 5.63. The molecule has 2 fully saturated rings. The number of allylic oxidation sites excluding steroid dienone is 2. The Balaban J connectivity index is 1.79. The molecule has 0 aromatic carbocycles. The maximum absolute atomic E-state index is 13.4. The zero-order valence-electron chi connectivity index (χ0n) is 14.5. The minimum absolute atomic E-state index is 0.103. The third-order valence-corrected chi connectivity index (χ3v) is 6.47. The molecule has 0 radical (unpaired) electrons. The van der Waals surface area contributed by atoms with Crippen molar-refractivity contribution in [2.75, 3.05) is 0 Å². The Morgan fingerprint density at radius 3 is 2.56 bits per heavy atom. The largest absolute Gasteiger partial charge is 0.428 e. The summed E-state index contributed by atoms with van der Waals surface area (Å²) in [6, 6.07) is 7.46. The lowest BCUT2D eigenvalue weighted by Crippen LogP contribution is -2.24. The molecule has 0 spiro atoms. The molecule has 3 aliphatic carbocycles. The molecular formula is C21H21NO3. The Hall–Kier alpha value is -2.36. The lowest BCUT2D eigenvalue weighted by molar-refractivity contribution is -0.118. The highest BCUT2D eigenvalue weighted by Crippen LogP contribution is 2.62. The molecule has 2 aromatic rings. The first-order valence-corrected chi connectivity index (χ1v) is 9.07. The fourth-order valence-electron chi connectivity index (χ4n) is 5.63. The van der Waals surface area contributed by atoms with Gasteiger partial charge in [0.25, 0.3) is 0 Å². The van der Waals surface area contributed by atoms with E-state index in [1.165, 1.54) is 12.8 Å². The minimum atomic E-state index is -0.340. The molecule has 2 aromatic heterocycles. The molecule has 0 unspecified atom stereocenters. The Morgan fingerprint density at radius 2 is 1.88 bits per heavy atom. The van der Waals surface area contributed by atoms with Crippen molar-refractivity contribution in [2.24, 2.45) is 30.7 Å². The van der Waals surface area contributed by atoms with E-state index in [9.17, 15) is 9.59 Å². The Kier molecular flexibility index (Phi) is 3.03. The molecule has 2 heterocycles. The molecule has 5 rings (SSSR count). The first-order chi connectivity index (χ1) is 12.0. The van der Waals surface area contributed by atoms with E-state index in [1.807, 2.05) is 36.0 Å². The lowest BCUT2D eigenvalue weighted by Gasteiger charge is -2.26. The van der Waals surface area contributed by atoms with Crippen molar-refractivity contribution < 1.29 is 9.21 Å². The van der Waals surface area contributed by atoms with Crippen molar-refractivity contribution >= 4 is 16.9 Å². The topological polar surface area (TPSA) is 52.2 Å². The second-order valence-electron chi connectivity index (χ2n) is 7.82. The minimum Gasteiger partial charge on any atom is -0.428 e. The molecule has 25 heavy (non-hydrogen) atoms. The van der Waals surface area contributed by atoms with Gasteiger partial charge in [-0.2, -0.15) is 0 Å². The summed E-state index contributed by atoms with van der Waals surface area (Å²) in [5.74, 6) is 2.32. The van der Waals surface area contributed by atoms with Gasteiger partial charge in [-0.25, -0.2) is 4.79 Å². The second kappa shape index (κ2) is 5.07. The monoisotopic (exact) mass is 335 g/mol. The van der Waals surface area contributed by atoms with E-state index >= 15 is 0 Å². The lowest BCUT2D eigenvalue weighted by atomic mass is 9.77. The van der Waals surface area contributed by atoms with Crippen molar-refractivity contribution in [3.8, 4) is 0 Å². The first kappa shape index (κ1) is 14.9. The van der Waals surface area contributed by atoms with Crippen LogP contribution >= 0.6 is 0 Å². The van der Waals surface area contributed by atoms with Crippen LogP contribution in [0.1, 0.15) is 36.3 Å². The normalized spacial score (nSPS) is 30.4. The Labute approximate surface area is 146 Å². The predicted octanol–water partition coefficient (Wildman–Crippen LogP) is 3.44. The number of ketones is 1. The highest BCUT2D eigenvalue weighted by atomic mass is 16.4. The molecule has 2 bridgehead atoms. The van der Waals surface area contributed by atoms with Gasteiger partial charge >= 0.3 is 5.63 Å². The van der Waals surface area contributed by atoms with Crippen LogP contribution in [0.4, 0.5) is 0 Å². The number of hydrogen-bond acceptors (Lipinski definition) is 3. The summed E-state index contributed by atoms with van der Waals surface area (Å²) in [5, 5.41) is 0. The molecule has 3 aliphatic rings. The van der Waals surface area contributed by atoms with Crippen LogP contribution in [-0.2, 0) is 11.8 Å². The number of fused-ring (bicyclic) bond motifs is 5. The van der Waals surface area contributed by atoms with E-state index < -0.39 is 0 Å². The van der Waals surface area contributed by atoms with Gasteiger partial charge in [0, 0.05) is 30.8 Å². The van der Waals surface area contributed by atoms with E-state index in [-0.39, 0.29) is 23.2 Å². The van der Waals surface area contributed by atoms with Crippen molar-refractivity contribution in [1.82, 2.24) is 4.57 Å². The smallest absolute Gasteiger partial charge is 0.336 e. The molecule has 128 valence electrons. The van der Waals surface area contributed by atoms with Gasteiger partial charge < -0.3 is 8.98 Å².